The average Bonchev–Trinajstić information content (AvgIpc) is 2.48. The van der Waals surface area contributed by atoms with Gasteiger partial charge in [-0.2, -0.15) is 0 Å². The van der Waals surface area contributed by atoms with E-state index in [1.54, 1.807) is 6.92 Å². The molecule has 2 rings (SSSR count). The predicted molar refractivity (Wildman–Crippen MR) is 83.2 cm³/mol. The van der Waals surface area contributed by atoms with E-state index in [4.69, 9.17) is 0 Å². The highest BCUT2D eigenvalue weighted by Crippen LogP contribution is 2.21. The van der Waals surface area contributed by atoms with Gasteiger partial charge in [0.1, 0.15) is 0 Å². The number of carbonyl (C=O) groups is 1. The zero-order valence-electron chi connectivity index (χ0n) is 11.9. The molecule has 1 unspecified atom stereocenters. The second-order valence-electron chi connectivity index (χ2n) is 4.96. The summed E-state index contributed by atoms with van der Waals surface area (Å²) in [4.78, 5) is 11.6. The van der Waals surface area contributed by atoms with Crippen molar-refractivity contribution in [2.75, 3.05) is 0 Å². The topological polar surface area (TPSA) is 29.1 Å². The van der Waals surface area contributed by atoms with Crippen LogP contribution in [0.2, 0.25) is 0 Å². The Morgan fingerprint density at radius 3 is 2.10 bits per heavy atom. The van der Waals surface area contributed by atoms with Crippen LogP contribution in [0.15, 0.2) is 66.7 Å². The summed E-state index contributed by atoms with van der Waals surface area (Å²) >= 11 is 0. The quantitative estimate of drug-likeness (QED) is 0.828. The summed E-state index contributed by atoms with van der Waals surface area (Å²) in [5.74, 6) is -0.107. The Hall–Kier alpha value is -2.35. The molecule has 0 aromatic heterocycles. The predicted octanol–water partition coefficient (Wildman–Crippen LogP) is 4.11. The first kappa shape index (κ1) is 14.1. The second kappa shape index (κ2) is 6.20. The van der Waals surface area contributed by atoms with Crippen molar-refractivity contribution in [2.24, 2.45) is 0 Å². The Bertz CT molecular complexity index is 599. The third-order valence-corrected chi connectivity index (χ3v) is 3.25. The van der Waals surface area contributed by atoms with Gasteiger partial charge in [-0.1, -0.05) is 61.2 Å². The maximum absolute atomic E-state index is 11.6. The molecule has 0 saturated heterocycles. The van der Waals surface area contributed by atoms with Gasteiger partial charge in [-0.15, -0.1) is 0 Å². The van der Waals surface area contributed by atoms with Crippen molar-refractivity contribution in [3.63, 3.8) is 0 Å². The van der Waals surface area contributed by atoms with Crippen molar-refractivity contribution < 1.29 is 4.79 Å². The smallest absolute Gasteiger partial charge is 0.246 e. The van der Waals surface area contributed by atoms with Gasteiger partial charge in [-0.05, 0) is 30.5 Å². The highest BCUT2D eigenvalue weighted by atomic mass is 16.1. The van der Waals surface area contributed by atoms with E-state index in [1.807, 2.05) is 37.3 Å². The molecule has 2 aromatic carbocycles. The molecule has 0 spiro atoms. The van der Waals surface area contributed by atoms with Gasteiger partial charge in [-0.25, -0.2) is 0 Å². The minimum Gasteiger partial charge on any atom is -0.346 e. The number of benzene rings is 2. The summed E-state index contributed by atoms with van der Waals surface area (Å²) in [6, 6.07) is 18.5. The summed E-state index contributed by atoms with van der Waals surface area (Å²) in [7, 11) is 0. The van der Waals surface area contributed by atoms with E-state index in [1.165, 1.54) is 11.1 Å². The molecule has 2 nitrogen and oxygen atoms in total. The molecule has 0 aliphatic rings. The van der Waals surface area contributed by atoms with Gasteiger partial charge in [0.15, 0.2) is 0 Å². The molecule has 0 aliphatic carbocycles. The van der Waals surface area contributed by atoms with Crippen molar-refractivity contribution in [1.29, 1.82) is 0 Å². The van der Waals surface area contributed by atoms with Crippen LogP contribution < -0.4 is 5.32 Å². The Morgan fingerprint density at radius 2 is 1.55 bits per heavy atom. The molecule has 1 atom stereocenters. The van der Waals surface area contributed by atoms with Crippen LogP contribution in [0.25, 0.3) is 11.1 Å². The first-order valence-electron chi connectivity index (χ1n) is 6.69. The fraction of sp³-hybridized carbons (Fsp3) is 0.167. The fourth-order valence-electron chi connectivity index (χ4n) is 2.00. The van der Waals surface area contributed by atoms with Crippen LogP contribution >= 0.6 is 0 Å². The van der Waals surface area contributed by atoms with E-state index >= 15 is 0 Å². The molecule has 2 aromatic rings. The highest BCUT2D eigenvalue weighted by molar-refractivity contribution is 5.92. The van der Waals surface area contributed by atoms with Crippen molar-refractivity contribution in [2.45, 2.75) is 19.9 Å². The summed E-state index contributed by atoms with van der Waals surface area (Å²) in [6.45, 7) is 7.32. The van der Waals surface area contributed by atoms with E-state index in [9.17, 15) is 4.79 Å². The zero-order chi connectivity index (χ0) is 14.5. The fourth-order valence-corrected chi connectivity index (χ4v) is 2.00. The Morgan fingerprint density at radius 1 is 1.00 bits per heavy atom. The first-order valence-corrected chi connectivity index (χ1v) is 6.69. The minimum atomic E-state index is -0.107. The molecule has 1 N–H and O–H groups in total. The Balaban J connectivity index is 2.12. The van der Waals surface area contributed by atoms with Gasteiger partial charge in [0.05, 0.1) is 6.04 Å². The first-order chi connectivity index (χ1) is 9.58. The van der Waals surface area contributed by atoms with Gasteiger partial charge in [0.2, 0.25) is 5.91 Å². The number of amides is 1. The minimum absolute atomic E-state index is 0.0241. The number of hydrogen-bond acceptors (Lipinski definition) is 1. The van der Waals surface area contributed by atoms with E-state index < -0.39 is 0 Å². The molecule has 1 amide bonds. The van der Waals surface area contributed by atoms with Crippen molar-refractivity contribution in [3.05, 3.63) is 72.3 Å². The van der Waals surface area contributed by atoms with Crippen LogP contribution in [-0.2, 0) is 4.79 Å². The van der Waals surface area contributed by atoms with Crippen LogP contribution in [0.1, 0.15) is 25.5 Å². The Kier molecular flexibility index (Phi) is 4.36. The van der Waals surface area contributed by atoms with E-state index in [0.29, 0.717) is 5.57 Å². The third kappa shape index (κ3) is 3.35. The van der Waals surface area contributed by atoms with Gasteiger partial charge < -0.3 is 5.32 Å². The number of rotatable bonds is 4. The summed E-state index contributed by atoms with van der Waals surface area (Å²) in [5.41, 5.74) is 3.97. The molecule has 0 saturated carbocycles. The molecule has 0 radical (unpaired) electrons. The summed E-state index contributed by atoms with van der Waals surface area (Å²) in [6.07, 6.45) is 0. The van der Waals surface area contributed by atoms with Gasteiger partial charge in [0.25, 0.3) is 0 Å². The number of carbonyl (C=O) groups excluding carboxylic acids is 1. The van der Waals surface area contributed by atoms with E-state index in [-0.39, 0.29) is 11.9 Å². The highest BCUT2D eigenvalue weighted by Gasteiger charge is 2.09. The standard InChI is InChI=1S/C18H19NO/c1-13(2)18(20)19-14(3)15-9-11-17(12-10-15)16-7-5-4-6-8-16/h4-12,14H,1H2,2-3H3,(H,19,20). The van der Waals surface area contributed by atoms with Crippen LogP contribution in [0.4, 0.5) is 0 Å². The molecular formula is C18H19NO. The summed E-state index contributed by atoms with van der Waals surface area (Å²) in [5, 5.41) is 2.92. The zero-order valence-corrected chi connectivity index (χ0v) is 11.9. The van der Waals surface area contributed by atoms with Crippen LogP contribution in [-0.4, -0.2) is 5.91 Å². The molecular weight excluding hydrogens is 246 g/mol. The van der Waals surface area contributed by atoms with E-state index in [2.05, 4.69) is 36.2 Å². The van der Waals surface area contributed by atoms with Crippen molar-refractivity contribution in [3.8, 4) is 11.1 Å². The molecule has 0 fully saturated rings. The SMILES string of the molecule is C=C(C)C(=O)NC(C)c1ccc(-c2ccccc2)cc1. The van der Waals surface area contributed by atoms with Crippen molar-refractivity contribution >= 4 is 5.91 Å². The average molecular weight is 265 g/mol. The van der Waals surface area contributed by atoms with Crippen LogP contribution in [0.3, 0.4) is 0 Å². The van der Waals surface area contributed by atoms with Crippen molar-refractivity contribution in [1.82, 2.24) is 5.32 Å². The van der Waals surface area contributed by atoms with Gasteiger partial charge >= 0.3 is 0 Å². The lowest BCUT2D eigenvalue weighted by molar-refractivity contribution is -0.118. The monoisotopic (exact) mass is 265 g/mol. The molecule has 0 bridgehead atoms. The third-order valence-electron chi connectivity index (χ3n) is 3.25. The summed E-state index contributed by atoms with van der Waals surface area (Å²) < 4.78 is 0. The maximum atomic E-state index is 11.6. The molecule has 0 aliphatic heterocycles. The lowest BCUT2D eigenvalue weighted by Gasteiger charge is -2.15. The van der Waals surface area contributed by atoms with Gasteiger partial charge in [0, 0.05) is 5.57 Å². The molecule has 20 heavy (non-hydrogen) atoms. The molecule has 102 valence electrons. The molecule has 2 heteroatoms. The lowest BCUT2D eigenvalue weighted by atomic mass is 10.0. The second-order valence-corrected chi connectivity index (χ2v) is 4.96. The largest absolute Gasteiger partial charge is 0.346 e. The number of nitrogens with one attached hydrogen (secondary N) is 1. The van der Waals surface area contributed by atoms with Gasteiger partial charge in [-0.3, -0.25) is 4.79 Å². The van der Waals surface area contributed by atoms with Crippen LogP contribution in [0, 0.1) is 0 Å². The Labute approximate surface area is 120 Å². The normalized spacial score (nSPS) is 11.7. The lowest BCUT2D eigenvalue weighted by Crippen LogP contribution is -2.26. The maximum Gasteiger partial charge on any atom is 0.246 e. The molecule has 0 heterocycles. The van der Waals surface area contributed by atoms with Crippen LogP contribution in [0.5, 0.6) is 0 Å². The number of hydrogen-bond donors (Lipinski definition) is 1. The van der Waals surface area contributed by atoms with E-state index in [0.717, 1.165) is 5.56 Å².